The summed E-state index contributed by atoms with van der Waals surface area (Å²) in [6, 6.07) is 18.1. The van der Waals surface area contributed by atoms with Crippen LogP contribution in [0.15, 0.2) is 54.6 Å². The number of aromatic amines is 1. The molecule has 3 aromatic rings. The van der Waals surface area contributed by atoms with Crippen molar-refractivity contribution >= 4 is 5.97 Å². The molecule has 4 saturated carbocycles. The summed E-state index contributed by atoms with van der Waals surface area (Å²) in [6.07, 6.45) is 9.07. The lowest BCUT2D eigenvalue weighted by atomic mass is 9.48. The van der Waals surface area contributed by atoms with Gasteiger partial charge in [-0.1, -0.05) is 54.6 Å². The Hall–Kier alpha value is -2.88. The molecule has 2 aromatic carbocycles. The van der Waals surface area contributed by atoms with Crippen LogP contribution < -0.4 is 0 Å². The van der Waals surface area contributed by atoms with Crippen LogP contribution in [0.5, 0.6) is 0 Å². The number of nitrogens with zero attached hydrogens (tertiary/aromatic N) is 1. The van der Waals surface area contributed by atoms with Gasteiger partial charge in [0.25, 0.3) is 0 Å². The van der Waals surface area contributed by atoms with Crippen LogP contribution in [0, 0.1) is 30.1 Å². The molecule has 0 saturated heterocycles. The number of benzene rings is 2. The third-order valence-corrected chi connectivity index (χ3v) is 8.30. The molecule has 170 valence electrons. The maximum atomic E-state index is 13.2. The summed E-state index contributed by atoms with van der Waals surface area (Å²) in [6.45, 7) is 2.35. The van der Waals surface area contributed by atoms with Gasteiger partial charge in [0.05, 0.1) is 5.69 Å². The van der Waals surface area contributed by atoms with E-state index in [1.54, 1.807) is 0 Å². The Kier molecular flexibility index (Phi) is 5.12. The molecule has 33 heavy (non-hydrogen) atoms. The summed E-state index contributed by atoms with van der Waals surface area (Å²) >= 11 is 0. The first-order valence-corrected chi connectivity index (χ1v) is 12.4. The van der Waals surface area contributed by atoms with Crippen molar-refractivity contribution in [2.75, 3.05) is 0 Å². The Morgan fingerprint density at radius 2 is 1.61 bits per heavy atom. The Bertz CT molecular complexity index is 1130. The second kappa shape index (κ2) is 8.16. The number of aromatic nitrogens is 2. The number of hydrogen-bond acceptors (Lipinski definition) is 3. The molecule has 1 aromatic heterocycles. The quantitative estimate of drug-likeness (QED) is 0.445. The summed E-state index contributed by atoms with van der Waals surface area (Å²) in [5.41, 5.74) is 4.94. The van der Waals surface area contributed by atoms with Crippen molar-refractivity contribution in [2.45, 2.75) is 58.5 Å². The summed E-state index contributed by atoms with van der Waals surface area (Å²) in [7, 11) is 0. The summed E-state index contributed by atoms with van der Waals surface area (Å²) in [5.74, 6) is 3.09. The number of nitrogens with one attached hydrogen (secondary N) is 1. The topological polar surface area (TPSA) is 55.0 Å². The Morgan fingerprint density at radius 3 is 2.27 bits per heavy atom. The van der Waals surface area contributed by atoms with E-state index in [1.165, 1.54) is 38.5 Å². The molecule has 0 radical (unpaired) electrons. The SMILES string of the molecule is Cc1ccccc1-c1nc(C(=O)OCc2ccccc2)c(CC23CC4CC(CC(C4)C2)C3)[nH]1. The lowest BCUT2D eigenvalue weighted by Crippen LogP contribution is -2.47. The molecule has 1 N–H and O–H groups in total. The minimum Gasteiger partial charge on any atom is -0.456 e. The predicted molar refractivity (Wildman–Crippen MR) is 129 cm³/mol. The number of carbonyl (C=O) groups excluding carboxylic acids is 1. The van der Waals surface area contributed by atoms with E-state index in [2.05, 4.69) is 24.0 Å². The number of carbonyl (C=O) groups is 1. The largest absolute Gasteiger partial charge is 0.456 e. The smallest absolute Gasteiger partial charge is 0.359 e. The molecule has 7 rings (SSSR count). The van der Waals surface area contributed by atoms with Crippen LogP contribution >= 0.6 is 0 Å². The standard InChI is InChI=1S/C29H32N2O2/c1-19-7-5-6-10-24(19)27-30-25(17-29-14-21-11-22(15-29)13-23(12-21)16-29)26(31-27)28(32)33-18-20-8-3-2-4-9-20/h2-10,21-23H,11-18H2,1H3,(H,30,31). The zero-order valence-electron chi connectivity index (χ0n) is 19.3. The number of aryl methyl sites for hydroxylation is 1. The molecular formula is C29H32N2O2. The van der Waals surface area contributed by atoms with E-state index in [1.807, 2.05) is 42.5 Å². The first-order valence-electron chi connectivity index (χ1n) is 12.4. The lowest BCUT2D eigenvalue weighted by Gasteiger charge is -2.57. The Labute approximate surface area is 195 Å². The molecule has 0 atom stereocenters. The molecule has 0 aliphatic heterocycles. The first kappa shape index (κ1) is 20.7. The van der Waals surface area contributed by atoms with E-state index in [9.17, 15) is 4.79 Å². The van der Waals surface area contributed by atoms with Crippen molar-refractivity contribution in [1.82, 2.24) is 9.97 Å². The van der Waals surface area contributed by atoms with Crippen molar-refractivity contribution in [3.8, 4) is 11.4 Å². The van der Waals surface area contributed by atoms with Crippen LogP contribution in [-0.4, -0.2) is 15.9 Å². The Balaban J connectivity index is 1.31. The number of ether oxygens (including phenoxy) is 1. The number of imidazole rings is 1. The third kappa shape index (κ3) is 4.01. The van der Waals surface area contributed by atoms with Gasteiger partial charge in [-0.3, -0.25) is 0 Å². The molecule has 0 amide bonds. The van der Waals surface area contributed by atoms with E-state index in [-0.39, 0.29) is 12.6 Å². The minimum atomic E-state index is -0.324. The highest BCUT2D eigenvalue weighted by molar-refractivity contribution is 5.89. The second-order valence-corrected chi connectivity index (χ2v) is 10.9. The maximum Gasteiger partial charge on any atom is 0.359 e. The fraction of sp³-hybridized carbons (Fsp3) is 0.448. The normalized spacial score (nSPS) is 27.6. The van der Waals surface area contributed by atoms with Gasteiger partial charge in [0.15, 0.2) is 5.69 Å². The van der Waals surface area contributed by atoms with E-state index >= 15 is 0 Å². The molecule has 4 heteroatoms. The molecule has 4 bridgehead atoms. The van der Waals surface area contributed by atoms with Crippen molar-refractivity contribution in [1.29, 1.82) is 0 Å². The molecule has 4 nitrogen and oxygen atoms in total. The zero-order chi connectivity index (χ0) is 22.4. The fourth-order valence-electron chi connectivity index (χ4n) is 7.35. The van der Waals surface area contributed by atoms with Crippen LogP contribution in [0.2, 0.25) is 0 Å². The molecule has 1 heterocycles. The van der Waals surface area contributed by atoms with Gasteiger partial charge in [0, 0.05) is 5.56 Å². The van der Waals surface area contributed by atoms with E-state index in [0.29, 0.717) is 11.1 Å². The second-order valence-electron chi connectivity index (χ2n) is 10.9. The summed E-state index contributed by atoms with van der Waals surface area (Å²) in [5, 5.41) is 0. The van der Waals surface area contributed by atoms with Gasteiger partial charge in [0.2, 0.25) is 0 Å². The number of hydrogen-bond donors (Lipinski definition) is 1. The molecule has 4 aliphatic carbocycles. The van der Waals surface area contributed by atoms with Crippen molar-refractivity contribution < 1.29 is 9.53 Å². The van der Waals surface area contributed by atoms with Crippen LogP contribution in [0.4, 0.5) is 0 Å². The van der Waals surface area contributed by atoms with Gasteiger partial charge in [-0.15, -0.1) is 0 Å². The summed E-state index contributed by atoms with van der Waals surface area (Å²) < 4.78 is 5.73. The molecule has 0 unspecified atom stereocenters. The van der Waals surface area contributed by atoms with E-state index in [0.717, 1.165) is 52.4 Å². The fourth-order valence-corrected chi connectivity index (χ4v) is 7.35. The lowest BCUT2D eigenvalue weighted by molar-refractivity contribution is -0.0527. The van der Waals surface area contributed by atoms with Crippen LogP contribution in [0.25, 0.3) is 11.4 Å². The Morgan fingerprint density at radius 1 is 0.970 bits per heavy atom. The molecule has 0 spiro atoms. The van der Waals surface area contributed by atoms with Gasteiger partial charge >= 0.3 is 5.97 Å². The maximum absolute atomic E-state index is 13.2. The monoisotopic (exact) mass is 440 g/mol. The highest BCUT2D eigenvalue weighted by Gasteiger charge is 2.51. The minimum absolute atomic E-state index is 0.267. The van der Waals surface area contributed by atoms with Gasteiger partial charge < -0.3 is 9.72 Å². The van der Waals surface area contributed by atoms with Crippen LogP contribution in [0.3, 0.4) is 0 Å². The van der Waals surface area contributed by atoms with E-state index in [4.69, 9.17) is 9.72 Å². The van der Waals surface area contributed by atoms with Crippen molar-refractivity contribution in [3.05, 3.63) is 77.1 Å². The van der Waals surface area contributed by atoms with Gasteiger partial charge in [-0.2, -0.15) is 0 Å². The number of H-pyrrole nitrogens is 1. The molecule has 4 aliphatic rings. The average molecular weight is 441 g/mol. The van der Waals surface area contributed by atoms with Gasteiger partial charge in [0.1, 0.15) is 12.4 Å². The highest BCUT2D eigenvalue weighted by atomic mass is 16.5. The van der Waals surface area contributed by atoms with Crippen molar-refractivity contribution in [2.24, 2.45) is 23.2 Å². The first-order chi connectivity index (χ1) is 16.1. The highest BCUT2D eigenvalue weighted by Crippen LogP contribution is 2.61. The van der Waals surface area contributed by atoms with Gasteiger partial charge in [-0.25, -0.2) is 9.78 Å². The van der Waals surface area contributed by atoms with Crippen LogP contribution in [0.1, 0.15) is 65.8 Å². The van der Waals surface area contributed by atoms with E-state index < -0.39 is 0 Å². The number of esters is 1. The van der Waals surface area contributed by atoms with Gasteiger partial charge in [-0.05, 0) is 86.2 Å². The predicted octanol–water partition coefficient (Wildman–Crippen LogP) is 6.50. The molecule has 4 fully saturated rings. The van der Waals surface area contributed by atoms with Crippen molar-refractivity contribution in [3.63, 3.8) is 0 Å². The third-order valence-electron chi connectivity index (χ3n) is 8.30. The molecular weight excluding hydrogens is 408 g/mol. The van der Waals surface area contributed by atoms with Crippen LogP contribution in [-0.2, 0) is 17.8 Å². The summed E-state index contributed by atoms with van der Waals surface area (Å²) in [4.78, 5) is 21.7. The zero-order valence-corrected chi connectivity index (χ0v) is 19.3. The number of rotatable bonds is 6. The average Bonchev–Trinajstić information content (AvgIpc) is 3.20.